The second kappa shape index (κ2) is 6.92. The van der Waals surface area contributed by atoms with Crippen LogP contribution in [0.5, 0.6) is 0 Å². The van der Waals surface area contributed by atoms with E-state index in [1.807, 2.05) is 0 Å². The zero-order chi connectivity index (χ0) is 22.7. The third-order valence-corrected chi connectivity index (χ3v) is 4.96. The van der Waals surface area contributed by atoms with Crippen LogP contribution in [0.25, 0.3) is 16.6 Å². The smallest absolute Gasteiger partial charge is 0.419 e. The van der Waals surface area contributed by atoms with E-state index in [0.29, 0.717) is 25.1 Å². The number of alkyl halides is 3. The molecule has 8 nitrogen and oxygen atoms in total. The van der Waals surface area contributed by atoms with Gasteiger partial charge in [-0.3, -0.25) is 0 Å². The Morgan fingerprint density at radius 2 is 1.90 bits per heavy atom. The number of hydrogen-bond acceptors (Lipinski definition) is 6. The van der Waals surface area contributed by atoms with Crippen LogP contribution in [-0.2, 0) is 10.9 Å². The van der Waals surface area contributed by atoms with Gasteiger partial charge in [0.05, 0.1) is 17.1 Å². The van der Waals surface area contributed by atoms with Crippen molar-refractivity contribution in [2.75, 3.05) is 25.0 Å². The van der Waals surface area contributed by atoms with Gasteiger partial charge in [-0.1, -0.05) is 0 Å². The largest absolute Gasteiger partial charge is 0.444 e. The van der Waals surface area contributed by atoms with E-state index in [2.05, 4.69) is 15.1 Å². The summed E-state index contributed by atoms with van der Waals surface area (Å²) in [6.45, 7) is 6.11. The minimum absolute atomic E-state index is 0.0324. The number of carbonyl (C=O) groups is 1. The Bertz CT molecular complexity index is 1160. The summed E-state index contributed by atoms with van der Waals surface area (Å²) >= 11 is 0. The summed E-state index contributed by atoms with van der Waals surface area (Å²) in [6.07, 6.45) is -4.11. The van der Waals surface area contributed by atoms with Gasteiger partial charge in [-0.2, -0.15) is 22.8 Å². The van der Waals surface area contributed by atoms with Crippen molar-refractivity contribution in [2.45, 2.75) is 38.6 Å². The van der Waals surface area contributed by atoms with Crippen LogP contribution in [0.4, 0.5) is 28.3 Å². The topological polar surface area (TPSA) is 75.9 Å². The quantitative estimate of drug-likeness (QED) is 0.568. The molecule has 2 aromatic heterocycles. The number of fused-ring (bicyclic) bond motifs is 3. The van der Waals surface area contributed by atoms with Crippen LogP contribution in [0, 0.1) is 5.82 Å². The fourth-order valence-electron chi connectivity index (χ4n) is 3.33. The lowest BCUT2D eigenvalue weighted by Crippen LogP contribution is -2.61. The number of rotatable bonds is 2. The van der Waals surface area contributed by atoms with Crippen molar-refractivity contribution in [1.82, 2.24) is 24.5 Å². The van der Waals surface area contributed by atoms with Gasteiger partial charge in [-0.25, -0.2) is 19.2 Å². The van der Waals surface area contributed by atoms with Gasteiger partial charge < -0.3 is 14.5 Å². The molecule has 0 radical (unpaired) electrons. The third-order valence-electron chi connectivity index (χ3n) is 4.96. The SMILES string of the molecule is CN(C(=O)OC(C)(C)C)C1CN(c2nc3cc(F)c(C(F)(F)F)cc3c3ncnn23)C1. The average Bonchev–Trinajstić information content (AvgIpc) is 3.07. The number of carbonyl (C=O) groups excluding carboxylic acids is 1. The molecule has 0 spiro atoms. The van der Waals surface area contributed by atoms with E-state index in [0.717, 1.165) is 6.07 Å². The first-order chi connectivity index (χ1) is 14.3. The lowest BCUT2D eigenvalue weighted by Gasteiger charge is -2.44. The summed E-state index contributed by atoms with van der Waals surface area (Å²) in [5.41, 5.74) is -1.84. The summed E-state index contributed by atoms with van der Waals surface area (Å²) < 4.78 is 60.1. The molecule has 1 fully saturated rings. The molecule has 1 aromatic carbocycles. The highest BCUT2D eigenvalue weighted by Gasteiger charge is 2.38. The maximum atomic E-state index is 14.1. The van der Waals surface area contributed by atoms with Gasteiger partial charge in [0, 0.05) is 31.6 Å². The Kier molecular flexibility index (Phi) is 4.70. The average molecular weight is 440 g/mol. The molecule has 0 unspecified atom stereocenters. The fourth-order valence-corrected chi connectivity index (χ4v) is 3.33. The molecule has 0 aliphatic carbocycles. The van der Waals surface area contributed by atoms with E-state index in [1.54, 1.807) is 32.7 Å². The second-order valence-corrected chi connectivity index (χ2v) is 8.40. The van der Waals surface area contributed by atoms with Crippen LogP contribution in [0.3, 0.4) is 0 Å². The van der Waals surface area contributed by atoms with Gasteiger partial charge in [0.15, 0.2) is 5.65 Å². The minimum Gasteiger partial charge on any atom is -0.444 e. The number of anilines is 1. The van der Waals surface area contributed by atoms with E-state index in [-0.39, 0.29) is 22.6 Å². The zero-order valence-corrected chi connectivity index (χ0v) is 17.2. The summed E-state index contributed by atoms with van der Waals surface area (Å²) in [4.78, 5) is 23.9. The number of aromatic nitrogens is 4. The molecule has 0 saturated carbocycles. The third kappa shape index (κ3) is 3.81. The Morgan fingerprint density at radius 3 is 2.52 bits per heavy atom. The standard InChI is InChI=1S/C19H20F4N6O2/c1-18(2,3)31-17(30)27(4)10-7-28(8-10)16-26-14-6-13(20)12(19(21,22)23)5-11(14)15-24-9-25-29(15)16/h5-6,9-10H,7-8H2,1-4H3. The first-order valence-electron chi connectivity index (χ1n) is 9.46. The molecule has 1 aliphatic rings. The number of nitrogens with zero attached hydrogens (tertiary/aromatic N) is 6. The van der Waals surface area contributed by atoms with Crippen molar-refractivity contribution in [2.24, 2.45) is 0 Å². The predicted octanol–water partition coefficient (Wildman–Crippen LogP) is 3.49. The maximum absolute atomic E-state index is 14.1. The Labute approximate surface area is 174 Å². The molecule has 1 amide bonds. The van der Waals surface area contributed by atoms with Gasteiger partial charge in [-0.15, -0.1) is 0 Å². The molecular formula is C19H20F4N6O2. The van der Waals surface area contributed by atoms with Gasteiger partial charge in [0.1, 0.15) is 17.7 Å². The van der Waals surface area contributed by atoms with E-state index < -0.39 is 29.3 Å². The molecule has 1 aliphatic heterocycles. The molecule has 0 bridgehead atoms. The van der Waals surface area contributed by atoms with E-state index >= 15 is 0 Å². The Hall–Kier alpha value is -3.18. The van der Waals surface area contributed by atoms with Crippen molar-refractivity contribution in [3.05, 3.63) is 29.8 Å². The van der Waals surface area contributed by atoms with Crippen molar-refractivity contribution in [3.63, 3.8) is 0 Å². The molecule has 3 heterocycles. The van der Waals surface area contributed by atoms with Crippen LogP contribution >= 0.6 is 0 Å². The molecule has 1 saturated heterocycles. The second-order valence-electron chi connectivity index (χ2n) is 8.40. The first kappa shape index (κ1) is 21.1. The number of likely N-dealkylation sites (N-methyl/N-ethyl adjacent to an activating group) is 1. The van der Waals surface area contributed by atoms with Crippen molar-refractivity contribution in [1.29, 1.82) is 0 Å². The van der Waals surface area contributed by atoms with E-state index in [1.165, 1.54) is 15.7 Å². The van der Waals surface area contributed by atoms with E-state index in [4.69, 9.17) is 4.74 Å². The summed E-state index contributed by atoms with van der Waals surface area (Å²) in [6, 6.07) is 1.29. The van der Waals surface area contributed by atoms with Crippen molar-refractivity contribution in [3.8, 4) is 0 Å². The Balaban J connectivity index is 1.64. The molecule has 3 aromatic rings. The van der Waals surface area contributed by atoms with Crippen LogP contribution in [0.15, 0.2) is 18.5 Å². The zero-order valence-electron chi connectivity index (χ0n) is 17.2. The number of amides is 1. The highest BCUT2D eigenvalue weighted by Crippen LogP contribution is 2.35. The van der Waals surface area contributed by atoms with Crippen molar-refractivity contribution >= 4 is 28.6 Å². The van der Waals surface area contributed by atoms with Crippen LogP contribution in [-0.4, -0.2) is 62.4 Å². The molecule has 0 N–H and O–H groups in total. The summed E-state index contributed by atoms with van der Waals surface area (Å²) in [5.74, 6) is -1.11. The molecule has 31 heavy (non-hydrogen) atoms. The lowest BCUT2D eigenvalue weighted by atomic mass is 10.1. The molecule has 4 rings (SSSR count). The normalized spacial score (nSPS) is 15.4. The minimum atomic E-state index is -4.84. The lowest BCUT2D eigenvalue weighted by molar-refractivity contribution is -0.139. The van der Waals surface area contributed by atoms with Crippen LogP contribution < -0.4 is 4.90 Å². The van der Waals surface area contributed by atoms with Gasteiger partial charge in [0.2, 0.25) is 5.95 Å². The van der Waals surface area contributed by atoms with Gasteiger partial charge >= 0.3 is 12.3 Å². The Morgan fingerprint density at radius 1 is 1.23 bits per heavy atom. The first-order valence-corrected chi connectivity index (χ1v) is 9.46. The molecule has 12 heteroatoms. The number of halogens is 4. The predicted molar refractivity (Wildman–Crippen MR) is 103 cm³/mol. The highest BCUT2D eigenvalue weighted by molar-refractivity contribution is 5.93. The number of benzene rings is 1. The summed E-state index contributed by atoms with van der Waals surface area (Å²) in [7, 11) is 1.63. The molecule has 166 valence electrons. The van der Waals surface area contributed by atoms with Crippen molar-refractivity contribution < 1.29 is 27.1 Å². The van der Waals surface area contributed by atoms with Crippen LogP contribution in [0.2, 0.25) is 0 Å². The van der Waals surface area contributed by atoms with Crippen LogP contribution in [0.1, 0.15) is 26.3 Å². The maximum Gasteiger partial charge on any atom is 0.419 e. The monoisotopic (exact) mass is 440 g/mol. The molecule has 0 atom stereocenters. The van der Waals surface area contributed by atoms with Gasteiger partial charge in [0.25, 0.3) is 0 Å². The van der Waals surface area contributed by atoms with Gasteiger partial charge in [-0.05, 0) is 26.8 Å². The van der Waals surface area contributed by atoms with E-state index in [9.17, 15) is 22.4 Å². The highest BCUT2D eigenvalue weighted by atomic mass is 19.4. The summed E-state index contributed by atoms with van der Waals surface area (Å²) in [5, 5.41) is 4.10. The fraction of sp³-hybridized carbons (Fsp3) is 0.474. The molecular weight excluding hydrogens is 420 g/mol. The number of ether oxygens (including phenoxy) is 1. The number of hydrogen-bond donors (Lipinski definition) is 0.